The van der Waals surface area contributed by atoms with Gasteiger partial charge in [-0.3, -0.25) is 4.90 Å². The van der Waals surface area contributed by atoms with E-state index in [4.69, 9.17) is 9.47 Å². The second-order valence-electron chi connectivity index (χ2n) is 10.0. The predicted octanol–water partition coefficient (Wildman–Crippen LogP) is 6.19. The maximum Gasteiger partial charge on any atom is 0.418 e. The topological polar surface area (TPSA) is 62.2 Å². The van der Waals surface area contributed by atoms with Crippen molar-refractivity contribution >= 4 is 30.1 Å². The zero-order chi connectivity index (χ0) is 26.7. The number of aliphatic carboxylic acids is 1. The molecule has 0 atom stereocenters. The number of rotatable bonds is 7. The molecule has 3 aliphatic rings. The van der Waals surface area contributed by atoms with Crippen molar-refractivity contribution in [3.05, 3.63) is 70.3 Å². The standard InChI is InChI=1S/C29H31F3N2O4.ClH/c30-29(31,32)25-14-20(6-9-26(25)34-11-2-1-3-12-34)18-37-24-8-7-22-13-21(19-38-27(22)15-24)16-33-10-4-5-23(17-33)28(35)36;/h5-9,13-15H,1-4,10-12,16-19H2,(H,35,36);1H. The van der Waals surface area contributed by atoms with Crippen molar-refractivity contribution in [3.8, 4) is 11.5 Å². The third kappa shape index (κ3) is 7.08. The maximum atomic E-state index is 13.8. The Morgan fingerprint density at radius 1 is 1.05 bits per heavy atom. The number of carboxylic acid groups (broad SMARTS) is 1. The van der Waals surface area contributed by atoms with Crippen LogP contribution in [0.3, 0.4) is 0 Å². The minimum atomic E-state index is -4.44. The van der Waals surface area contributed by atoms with Crippen molar-refractivity contribution in [1.82, 2.24) is 4.90 Å². The van der Waals surface area contributed by atoms with E-state index in [1.807, 2.05) is 17.0 Å². The van der Waals surface area contributed by atoms with Crippen molar-refractivity contribution in [2.24, 2.45) is 0 Å². The third-order valence-corrected chi connectivity index (χ3v) is 7.16. The van der Waals surface area contributed by atoms with Crippen LogP contribution in [0.2, 0.25) is 0 Å². The molecular formula is C29H32ClF3N2O4. The fraction of sp³-hybridized carbons (Fsp3) is 0.414. The van der Waals surface area contributed by atoms with E-state index in [2.05, 4.69) is 4.90 Å². The molecule has 0 saturated carbocycles. The van der Waals surface area contributed by atoms with Gasteiger partial charge in [0.2, 0.25) is 0 Å². The first kappa shape index (κ1) is 28.8. The Labute approximate surface area is 232 Å². The van der Waals surface area contributed by atoms with Gasteiger partial charge in [0.1, 0.15) is 24.7 Å². The van der Waals surface area contributed by atoms with Gasteiger partial charge in [-0.15, -0.1) is 12.4 Å². The Morgan fingerprint density at radius 3 is 2.59 bits per heavy atom. The summed E-state index contributed by atoms with van der Waals surface area (Å²) in [5.41, 5.74) is 2.42. The quantitative estimate of drug-likeness (QED) is 0.433. The molecule has 39 heavy (non-hydrogen) atoms. The van der Waals surface area contributed by atoms with E-state index in [0.29, 0.717) is 61.8 Å². The summed E-state index contributed by atoms with van der Waals surface area (Å²) in [6.07, 6.45) is 2.94. The van der Waals surface area contributed by atoms with Gasteiger partial charge in [-0.25, -0.2) is 4.79 Å². The van der Waals surface area contributed by atoms with E-state index < -0.39 is 17.7 Å². The molecule has 1 fully saturated rings. The fourth-order valence-electron chi connectivity index (χ4n) is 5.23. The highest BCUT2D eigenvalue weighted by Crippen LogP contribution is 2.38. The van der Waals surface area contributed by atoms with Crippen LogP contribution < -0.4 is 14.4 Å². The Kier molecular flexibility index (Phi) is 9.12. The minimum Gasteiger partial charge on any atom is -0.489 e. The first-order valence-corrected chi connectivity index (χ1v) is 12.9. The van der Waals surface area contributed by atoms with Crippen LogP contribution in [0.1, 0.15) is 42.4 Å². The summed E-state index contributed by atoms with van der Waals surface area (Å²) in [7, 11) is 0. The van der Waals surface area contributed by atoms with E-state index >= 15 is 0 Å². The zero-order valence-electron chi connectivity index (χ0n) is 21.5. The Bertz CT molecular complexity index is 1260. The SMILES string of the molecule is Cl.O=C(O)C1=CCCN(CC2=Cc3ccc(OCc4ccc(N5CCCCC5)c(C(F)(F)F)c4)cc3OC2)C1. The minimum absolute atomic E-state index is 0. The maximum absolute atomic E-state index is 13.8. The number of nitrogens with zero attached hydrogens (tertiary/aromatic N) is 2. The summed E-state index contributed by atoms with van der Waals surface area (Å²) in [5, 5.41) is 9.25. The van der Waals surface area contributed by atoms with Gasteiger partial charge in [0.25, 0.3) is 0 Å². The summed E-state index contributed by atoms with van der Waals surface area (Å²) in [6, 6.07) is 9.85. The van der Waals surface area contributed by atoms with Gasteiger partial charge in [0, 0.05) is 55.6 Å². The molecule has 1 N–H and O–H groups in total. The summed E-state index contributed by atoms with van der Waals surface area (Å²) in [6.45, 7) is 3.50. The number of ether oxygens (including phenoxy) is 2. The van der Waals surface area contributed by atoms with E-state index in [1.54, 1.807) is 30.3 Å². The average Bonchev–Trinajstić information content (AvgIpc) is 2.92. The molecule has 210 valence electrons. The van der Waals surface area contributed by atoms with Crippen LogP contribution in [0.5, 0.6) is 11.5 Å². The highest BCUT2D eigenvalue weighted by Gasteiger charge is 2.35. The molecule has 0 aromatic heterocycles. The van der Waals surface area contributed by atoms with Crippen LogP contribution in [0.15, 0.2) is 53.6 Å². The average molecular weight is 565 g/mol. The lowest BCUT2D eigenvalue weighted by Gasteiger charge is -2.31. The third-order valence-electron chi connectivity index (χ3n) is 7.16. The molecule has 6 nitrogen and oxygen atoms in total. The van der Waals surface area contributed by atoms with Crippen LogP contribution in [0, 0.1) is 0 Å². The van der Waals surface area contributed by atoms with E-state index in [0.717, 1.165) is 36.9 Å². The molecule has 5 rings (SSSR count). The highest BCUT2D eigenvalue weighted by molar-refractivity contribution is 5.87. The summed E-state index contributed by atoms with van der Waals surface area (Å²) in [5.74, 6) is 0.281. The van der Waals surface area contributed by atoms with Crippen LogP contribution >= 0.6 is 12.4 Å². The largest absolute Gasteiger partial charge is 0.489 e. The molecule has 0 spiro atoms. The number of carbonyl (C=O) groups is 1. The van der Waals surface area contributed by atoms with Gasteiger partial charge in [-0.1, -0.05) is 12.1 Å². The van der Waals surface area contributed by atoms with Gasteiger partial charge >= 0.3 is 12.1 Å². The van der Waals surface area contributed by atoms with Crippen molar-refractivity contribution < 1.29 is 32.5 Å². The van der Waals surface area contributed by atoms with E-state index in [-0.39, 0.29) is 24.7 Å². The molecule has 2 aromatic carbocycles. The molecule has 10 heteroatoms. The number of alkyl halides is 3. The lowest BCUT2D eigenvalue weighted by Crippen LogP contribution is -2.34. The number of fused-ring (bicyclic) bond motifs is 1. The van der Waals surface area contributed by atoms with Crippen LogP contribution in [0.4, 0.5) is 18.9 Å². The molecule has 0 amide bonds. The van der Waals surface area contributed by atoms with Crippen molar-refractivity contribution in [3.63, 3.8) is 0 Å². The molecule has 3 aliphatic heterocycles. The van der Waals surface area contributed by atoms with Crippen LogP contribution in [-0.2, 0) is 17.6 Å². The zero-order valence-corrected chi connectivity index (χ0v) is 22.3. The van der Waals surface area contributed by atoms with Gasteiger partial charge in [-0.05, 0) is 67.2 Å². The Morgan fingerprint density at radius 2 is 1.85 bits per heavy atom. The second kappa shape index (κ2) is 12.3. The van der Waals surface area contributed by atoms with Gasteiger partial charge in [0.05, 0.1) is 5.56 Å². The first-order chi connectivity index (χ1) is 18.3. The summed E-state index contributed by atoms with van der Waals surface area (Å²) < 4.78 is 53.3. The predicted molar refractivity (Wildman–Crippen MR) is 146 cm³/mol. The van der Waals surface area contributed by atoms with Crippen molar-refractivity contribution in [1.29, 1.82) is 0 Å². The second-order valence-corrected chi connectivity index (χ2v) is 10.0. The van der Waals surface area contributed by atoms with Crippen LogP contribution in [0.25, 0.3) is 6.08 Å². The molecule has 3 heterocycles. The summed E-state index contributed by atoms with van der Waals surface area (Å²) >= 11 is 0. The summed E-state index contributed by atoms with van der Waals surface area (Å²) in [4.78, 5) is 15.2. The molecule has 2 aromatic rings. The Hall–Kier alpha value is -3.17. The van der Waals surface area contributed by atoms with Gasteiger partial charge < -0.3 is 19.5 Å². The molecule has 0 aliphatic carbocycles. The number of hydrogen-bond acceptors (Lipinski definition) is 5. The smallest absolute Gasteiger partial charge is 0.418 e. The molecule has 0 unspecified atom stereocenters. The van der Waals surface area contributed by atoms with Crippen molar-refractivity contribution in [2.45, 2.75) is 38.5 Å². The molecule has 0 radical (unpaired) electrons. The fourth-order valence-corrected chi connectivity index (χ4v) is 5.23. The van der Waals surface area contributed by atoms with E-state index in [9.17, 15) is 23.1 Å². The van der Waals surface area contributed by atoms with Gasteiger partial charge in [0.15, 0.2) is 0 Å². The van der Waals surface area contributed by atoms with Gasteiger partial charge in [-0.2, -0.15) is 13.2 Å². The van der Waals surface area contributed by atoms with Crippen LogP contribution in [-0.4, -0.2) is 55.3 Å². The molecular weight excluding hydrogens is 533 g/mol. The lowest BCUT2D eigenvalue weighted by molar-refractivity contribution is -0.137. The highest BCUT2D eigenvalue weighted by atomic mass is 35.5. The lowest BCUT2D eigenvalue weighted by atomic mass is 10.0. The normalized spacial score (nSPS) is 17.8. The molecule has 0 bridgehead atoms. The number of halogens is 4. The number of anilines is 1. The number of piperidine rings is 1. The molecule has 1 saturated heterocycles. The monoisotopic (exact) mass is 564 g/mol. The number of benzene rings is 2. The van der Waals surface area contributed by atoms with Crippen molar-refractivity contribution in [2.75, 3.05) is 44.2 Å². The first-order valence-electron chi connectivity index (χ1n) is 12.9. The Balaban J connectivity index is 0.00000353. The van der Waals surface area contributed by atoms with E-state index in [1.165, 1.54) is 6.07 Å². The number of carboxylic acids is 1. The number of hydrogen-bond donors (Lipinski definition) is 1.